The Morgan fingerprint density at radius 3 is 2.15 bits per heavy atom. The summed E-state index contributed by atoms with van der Waals surface area (Å²) in [5, 5.41) is 3.78. The average Bonchev–Trinajstić information content (AvgIpc) is 2.99. The van der Waals surface area contributed by atoms with Crippen LogP contribution >= 0.6 is 11.6 Å². The molecule has 240 valence electrons. The number of allylic oxidation sites excluding steroid dienone is 1. The maximum atomic E-state index is 13.8. The van der Waals surface area contributed by atoms with Crippen molar-refractivity contribution in [1.29, 1.82) is 0 Å². The van der Waals surface area contributed by atoms with Crippen LogP contribution in [0.3, 0.4) is 0 Å². The van der Waals surface area contributed by atoms with Gasteiger partial charge in [-0.2, -0.15) is 8.42 Å². The molecule has 1 unspecified atom stereocenters. The summed E-state index contributed by atoms with van der Waals surface area (Å²) in [5.74, 6) is -1.32. The third-order valence-corrected chi connectivity index (χ3v) is 8.64. The Balaban J connectivity index is 1.54. The van der Waals surface area contributed by atoms with Crippen molar-refractivity contribution in [3.63, 3.8) is 0 Å². The molecule has 0 saturated heterocycles. The van der Waals surface area contributed by atoms with E-state index < -0.39 is 21.8 Å². The molecule has 0 fully saturated rings. The summed E-state index contributed by atoms with van der Waals surface area (Å²) >= 11 is 6.13. The number of amides is 1. The number of benzene rings is 4. The Morgan fingerprint density at radius 2 is 1.57 bits per heavy atom. The Labute approximate surface area is 277 Å². The van der Waals surface area contributed by atoms with Gasteiger partial charge in [0.2, 0.25) is 5.91 Å². The number of carbonyl (C=O) groups is 2. The maximum absolute atomic E-state index is 13.8. The summed E-state index contributed by atoms with van der Waals surface area (Å²) < 4.78 is 30.9. The predicted molar refractivity (Wildman–Crippen MR) is 188 cm³/mol. The molecule has 4 rings (SSSR count). The monoisotopic (exact) mass is 657 g/mol. The van der Waals surface area contributed by atoms with Crippen molar-refractivity contribution in [2.24, 2.45) is 5.41 Å². The average molecular weight is 658 g/mol. The zero-order chi connectivity index (χ0) is 33.5. The van der Waals surface area contributed by atoms with E-state index in [0.717, 1.165) is 33.4 Å². The molecule has 0 aliphatic rings. The second kappa shape index (κ2) is 15.0. The van der Waals surface area contributed by atoms with Crippen LogP contribution in [-0.2, 0) is 21.3 Å². The first kappa shape index (κ1) is 34.8. The van der Waals surface area contributed by atoms with Crippen molar-refractivity contribution in [2.75, 3.05) is 11.1 Å². The number of halogens is 1. The zero-order valence-electron chi connectivity index (χ0n) is 26.6. The van der Waals surface area contributed by atoms with E-state index >= 15 is 0 Å². The molecule has 4 aromatic carbocycles. The first-order valence-electron chi connectivity index (χ1n) is 15.2. The summed E-state index contributed by atoms with van der Waals surface area (Å²) in [6.45, 7) is 8.43. The van der Waals surface area contributed by atoms with Crippen LogP contribution < -0.4 is 5.32 Å². The molecule has 8 heteroatoms. The molecule has 0 saturated carbocycles. The van der Waals surface area contributed by atoms with Crippen LogP contribution in [0.15, 0.2) is 97.1 Å². The minimum atomic E-state index is -4.11. The van der Waals surface area contributed by atoms with Crippen molar-refractivity contribution in [2.45, 2.75) is 52.9 Å². The van der Waals surface area contributed by atoms with Gasteiger partial charge in [-0.15, -0.1) is 0 Å². The van der Waals surface area contributed by atoms with Crippen LogP contribution in [0.2, 0.25) is 5.02 Å². The van der Waals surface area contributed by atoms with Crippen molar-refractivity contribution in [3.05, 3.63) is 130 Å². The summed E-state index contributed by atoms with van der Waals surface area (Å²) in [6.07, 6.45) is 4.68. The normalized spacial score (nSPS) is 12.7. The van der Waals surface area contributed by atoms with Crippen molar-refractivity contribution < 1.29 is 22.6 Å². The molecule has 4 aromatic rings. The molecule has 0 spiro atoms. The van der Waals surface area contributed by atoms with Gasteiger partial charge in [-0.05, 0) is 82.8 Å². The minimum Gasteiger partial charge on any atom is -0.326 e. The Kier molecular flexibility index (Phi) is 11.4. The number of ketones is 1. The Bertz CT molecular complexity index is 1810. The number of Topliss-reactive ketones (excluding diaryl/α,β-unsaturated/α-hetero) is 1. The van der Waals surface area contributed by atoms with Gasteiger partial charge in [-0.25, -0.2) is 0 Å². The number of aryl methyl sites for hydroxylation is 1. The lowest BCUT2D eigenvalue weighted by Gasteiger charge is -2.19. The molecule has 1 amide bonds. The van der Waals surface area contributed by atoms with E-state index in [-0.39, 0.29) is 29.9 Å². The molecule has 46 heavy (non-hydrogen) atoms. The Morgan fingerprint density at radius 1 is 0.913 bits per heavy atom. The zero-order valence-corrected chi connectivity index (χ0v) is 28.2. The molecular formula is C38H40ClNO5S. The van der Waals surface area contributed by atoms with E-state index in [9.17, 15) is 18.0 Å². The number of anilines is 1. The molecule has 0 aliphatic heterocycles. The van der Waals surface area contributed by atoms with Gasteiger partial charge in [-0.3, -0.25) is 14.1 Å². The lowest BCUT2D eigenvalue weighted by molar-refractivity contribution is -0.117. The van der Waals surface area contributed by atoms with Crippen LogP contribution in [0.4, 0.5) is 5.69 Å². The smallest absolute Gasteiger partial charge is 0.264 e. The van der Waals surface area contributed by atoms with E-state index in [1.165, 1.54) is 0 Å². The largest absolute Gasteiger partial charge is 0.326 e. The summed E-state index contributed by atoms with van der Waals surface area (Å²) in [5.41, 5.74) is 7.12. The van der Waals surface area contributed by atoms with Gasteiger partial charge in [0.05, 0.1) is 11.7 Å². The molecule has 2 N–H and O–H groups in total. The van der Waals surface area contributed by atoms with Gasteiger partial charge >= 0.3 is 0 Å². The highest BCUT2D eigenvalue weighted by molar-refractivity contribution is 7.85. The van der Waals surface area contributed by atoms with Crippen LogP contribution in [0.25, 0.3) is 17.2 Å². The summed E-state index contributed by atoms with van der Waals surface area (Å²) in [4.78, 5) is 26.4. The van der Waals surface area contributed by atoms with Gasteiger partial charge in [0.25, 0.3) is 10.1 Å². The highest BCUT2D eigenvalue weighted by atomic mass is 35.5. The molecule has 0 heterocycles. The summed E-state index contributed by atoms with van der Waals surface area (Å²) in [7, 11) is -4.11. The maximum Gasteiger partial charge on any atom is 0.264 e. The number of hydrogen-bond donors (Lipinski definition) is 2. The van der Waals surface area contributed by atoms with Crippen LogP contribution in [0, 0.1) is 12.3 Å². The van der Waals surface area contributed by atoms with E-state index in [4.69, 9.17) is 16.2 Å². The number of hydrogen-bond acceptors (Lipinski definition) is 4. The third kappa shape index (κ3) is 10.5. The van der Waals surface area contributed by atoms with E-state index in [1.54, 1.807) is 12.1 Å². The fourth-order valence-corrected chi connectivity index (χ4v) is 5.82. The quantitative estimate of drug-likeness (QED) is 0.117. The topological polar surface area (TPSA) is 101 Å². The molecule has 0 aromatic heterocycles. The highest BCUT2D eigenvalue weighted by Gasteiger charge is 2.22. The van der Waals surface area contributed by atoms with E-state index in [1.807, 2.05) is 85.8 Å². The summed E-state index contributed by atoms with van der Waals surface area (Å²) in [6, 6.07) is 28.5. The van der Waals surface area contributed by atoms with E-state index in [0.29, 0.717) is 22.7 Å². The van der Waals surface area contributed by atoms with Crippen molar-refractivity contribution in [3.8, 4) is 11.1 Å². The lowest BCUT2D eigenvalue weighted by Crippen LogP contribution is -2.23. The standard InChI is InChI=1S/C38H40ClNO5S/c1-26-24-32(39)17-20-34(26)29-15-18-33(19-16-29)40-37(42)35(30-11-7-27(8-12-30)21-22-38(2,3)4)25-28-9-13-31(14-10-28)36(41)6-5-23-46(43,44)45/h7-22,24,35H,5-6,23,25H2,1-4H3,(H,40,42)(H,43,44,45)/b22-21+. The first-order chi connectivity index (χ1) is 21.7. The van der Waals surface area contributed by atoms with Crippen LogP contribution in [-0.4, -0.2) is 30.4 Å². The predicted octanol–water partition coefficient (Wildman–Crippen LogP) is 9.19. The number of rotatable bonds is 12. The van der Waals surface area contributed by atoms with Crippen LogP contribution in [0.5, 0.6) is 0 Å². The second-order valence-corrected chi connectivity index (χ2v) is 14.7. The van der Waals surface area contributed by atoms with Gasteiger partial charge in [-0.1, -0.05) is 111 Å². The minimum absolute atomic E-state index is 0.0105. The van der Waals surface area contributed by atoms with E-state index in [2.05, 4.69) is 38.2 Å². The number of nitrogens with one attached hydrogen (secondary N) is 1. The van der Waals surface area contributed by atoms with Crippen molar-refractivity contribution in [1.82, 2.24) is 0 Å². The highest BCUT2D eigenvalue weighted by Crippen LogP contribution is 2.29. The third-order valence-electron chi connectivity index (χ3n) is 7.60. The molecule has 6 nitrogen and oxygen atoms in total. The van der Waals surface area contributed by atoms with Crippen LogP contribution in [0.1, 0.15) is 72.1 Å². The van der Waals surface area contributed by atoms with Gasteiger partial charge in [0.15, 0.2) is 5.78 Å². The molecular weight excluding hydrogens is 618 g/mol. The first-order valence-corrected chi connectivity index (χ1v) is 17.2. The van der Waals surface area contributed by atoms with Gasteiger partial charge in [0, 0.05) is 22.7 Å². The lowest BCUT2D eigenvalue weighted by atomic mass is 9.89. The number of carbonyl (C=O) groups excluding carboxylic acids is 2. The fraction of sp³-hybridized carbons (Fsp3) is 0.263. The fourth-order valence-electron chi connectivity index (χ4n) is 5.08. The second-order valence-electron chi connectivity index (χ2n) is 12.7. The molecule has 1 atom stereocenters. The molecule has 0 aliphatic carbocycles. The molecule has 0 bridgehead atoms. The Hall–Kier alpha value is -4.04. The SMILES string of the molecule is Cc1cc(Cl)ccc1-c1ccc(NC(=O)C(Cc2ccc(C(=O)CCCS(=O)(=O)O)cc2)c2ccc(/C=C/C(C)(C)C)cc2)cc1. The van der Waals surface area contributed by atoms with Crippen molar-refractivity contribution >= 4 is 45.2 Å². The molecule has 0 radical (unpaired) electrons. The van der Waals surface area contributed by atoms with Gasteiger partial charge < -0.3 is 5.32 Å². The van der Waals surface area contributed by atoms with Gasteiger partial charge in [0.1, 0.15) is 0 Å².